The molecule has 1 aliphatic heterocycles. The van der Waals surface area contributed by atoms with Crippen LogP contribution >= 0.6 is 0 Å². The Morgan fingerprint density at radius 2 is 2.08 bits per heavy atom. The van der Waals surface area contributed by atoms with E-state index in [9.17, 15) is 0 Å². The molecular weight excluding hydrogens is 300 g/mol. The van der Waals surface area contributed by atoms with E-state index in [4.69, 9.17) is 9.72 Å². The van der Waals surface area contributed by atoms with Crippen LogP contribution < -0.4 is 9.64 Å². The Morgan fingerprint density at radius 3 is 2.88 bits per heavy atom. The van der Waals surface area contributed by atoms with Gasteiger partial charge in [0.15, 0.2) is 0 Å². The molecule has 0 atom stereocenters. The van der Waals surface area contributed by atoms with Gasteiger partial charge in [-0.3, -0.25) is 0 Å². The van der Waals surface area contributed by atoms with Gasteiger partial charge in [0.05, 0.1) is 12.6 Å². The second-order valence-electron chi connectivity index (χ2n) is 6.35. The number of hydrogen-bond donors (Lipinski definition) is 0. The lowest BCUT2D eigenvalue weighted by atomic mass is 10.00. The number of imidazole rings is 1. The third kappa shape index (κ3) is 2.70. The molecule has 124 valence electrons. The van der Waals surface area contributed by atoms with Gasteiger partial charge in [-0.25, -0.2) is 9.97 Å². The van der Waals surface area contributed by atoms with Crippen LogP contribution in [0.15, 0.2) is 42.7 Å². The predicted molar refractivity (Wildman–Crippen MR) is 95.6 cm³/mol. The highest BCUT2D eigenvalue weighted by Crippen LogP contribution is 2.27. The first-order valence-corrected chi connectivity index (χ1v) is 8.46. The third-order valence-corrected chi connectivity index (χ3v) is 4.74. The average molecular weight is 322 g/mol. The largest absolute Gasteiger partial charge is 0.497 e. The number of hydrogen-bond acceptors (Lipinski definition) is 4. The number of ether oxygens (including phenoxy) is 1. The quantitative estimate of drug-likeness (QED) is 0.724. The number of rotatable bonds is 5. The minimum atomic E-state index is 0.665. The van der Waals surface area contributed by atoms with Crippen LogP contribution in [0.4, 0.5) is 5.82 Å². The summed E-state index contributed by atoms with van der Waals surface area (Å²) in [6.07, 6.45) is 4.97. The summed E-state index contributed by atoms with van der Waals surface area (Å²) >= 11 is 0. The molecule has 1 aromatic carbocycles. The average Bonchev–Trinajstić information content (AvgIpc) is 3.04. The first-order valence-electron chi connectivity index (χ1n) is 8.46. The number of benzene rings is 1. The van der Waals surface area contributed by atoms with Gasteiger partial charge in [0, 0.05) is 49.8 Å². The van der Waals surface area contributed by atoms with Crippen molar-refractivity contribution in [3.63, 3.8) is 0 Å². The lowest BCUT2D eigenvalue weighted by Gasteiger charge is -2.40. The zero-order valence-electron chi connectivity index (χ0n) is 14.1. The molecule has 0 saturated carbocycles. The molecule has 24 heavy (non-hydrogen) atoms. The molecule has 1 fully saturated rings. The van der Waals surface area contributed by atoms with Crippen LogP contribution in [0.3, 0.4) is 0 Å². The fraction of sp³-hybridized carbons (Fsp3) is 0.368. The van der Waals surface area contributed by atoms with Crippen molar-refractivity contribution >= 4 is 16.7 Å². The smallest absolute Gasteiger partial charge is 0.129 e. The van der Waals surface area contributed by atoms with Gasteiger partial charge in [0.25, 0.3) is 0 Å². The van der Waals surface area contributed by atoms with E-state index >= 15 is 0 Å². The van der Waals surface area contributed by atoms with Crippen LogP contribution in [0.2, 0.25) is 0 Å². The van der Waals surface area contributed by atoms with E-state index in [2.05, 4.69) is 39.7 Å². The van der Waals surface area contributed by atoms with Crippen molar-refractivity contribution in [1.29, 1.82) is 0 Å². The van der Waals surface area contributed by atoms with Gasteiger partial charge >= 0.3 is 0 Å². The molecule has 3 aromatic rings. The lowest BCUT2D eigenvalue weighted by Crippen LogP contribution is -2.49. The van der Waals surface area contributed by atoms with Crippen LogP contribution in [0.5, 0.6) is 5.75 Å². The van der Waals surface area contributed by atoms with Gasteiger partial charge in [-0.1, -0.05) is 6.92 Å². The monoisotopic (exact) mass is 322 g/mol. The Kier molecular flexibility index (Phi) is 3.84. The maximum absolute atomic E-state index is 5.27. The number of aryl methyl sites for hydroxylation is 1. The molecule has 3 heterocycles. The highest BCUT2D eigenvalue weighted by Gasteiger charge is 2.28. The van der Waals surface area contributed by atoms with Gasteiger partial charge in [-0.05, 0) is 30.3 Å². The summed E-state index contributed by atoms with van der Waals surface area (Å²) in [4.78, 5) is 11.5. The maximum atomic E-state index is 5.27. The third-order valence-electron chi connectivity index (χ3n) is 4.74. The SMILES string of the molecule is CCc1nccn1CC1CN(c2ccc3cc(OC)ccc3n2)C1. The standard InChI is InChI=1S/C19H22N4O/c1-3-18-20-8-9-22(18)11-14-12-23(13-14)19-7-4-15-10-16(24-2)5-6-17(15)21-19/h4-10,14H,3,11-13H2,1-2H3. The van der Waals surface area contributed by atoms with E-state index < -0.39 is 0 Å². The van der Waals surface area contributed by atoms with Crippen molar-refractivity contribution < 1.29 is 4.74 Å². The Morgan fingerprint density at radius 1 is 1.21 bits per heavy atom. The van der Waals surface area contributed by atoms with E-state index in [1.165, 1.54) is 5.82 Å². The molecule has 0 radical (unpaired) electrons. The number of fused-ring (bicyclic) bond motifs is 1. The maximum Gasteiger partial charge on any atom is 0.129 e. The highest BCUT2D eigenvalue weighted by atomic mass is 16.5. The van der Waals surface area contributed by atoms with Crippen molar-refractivity contribution in [2.75, 3.05) is 25.1 Å². The van der Waals surface area contributed by atoms with E-state index in [1.54, 1.807) is 7.11 Å². The number of pyridine rings is 1. The lowest BCUT2D eigenvalue weighted by molar-refractivity contribution is 0.351. The molecule has 4 rings (SSSR count). The summed E-state index contributed by atoms with van der Waals surface area (Å²) in [5.41, 5.74) is 1.01. The van der Waals surface area contributed by atoms with Crippen molar-refractivity contribution in [3.05, 3.63) is 48.5 Å². The van der Waals surface area contributed by atoms with Crippen LogP contribution in [0.1, 0.15) is 12.7 Å². The number of nitrogens with zero attached hydrogens (tertiary/aromatic N) is 4. The number of aromatic nitrogens is 3. The summed E-state index contributed by atoms with van der Waals surface area (Å²) in [5.74, 6) is 3.77. The molecule has 5 nitrogen and oxygen atoms in total. The van der Waals surface area contributed by atoms with Crippen LogP contribution in [-0.4, -0.2) is 34.7 Å². The molecule has 0 unspecified atom stereocenters. The Labute approximate surface area is 141 Å². The molecular formula is C19H22N4O. The van der Waals surface area contributed by atoms with Gasteiger partial charge in [0.2, 0.25) is 0 Å². The number of anilines is 1. The van der Waals surface area contributed by atoms with Crippen LogP contribution in [-0.2, 0) is 13.0 Å². The molecule has 2 aromatic heterocycles. The summed E-state index contributed by atoms with van der Waals surface area (Å²) in [5, 5.41) is 1.11. The van der Waals surface area contributed by atoms with E-state index in [0.717, 1.165) is 48.5 Å². The van der Waals surface area contributed by atoms with Crippen molar-refractivity contribution in [1.82, 2.24) is 14.5 Å². The zero-order valence-corrected chi connectivity index (χ0v) is 14.1. The normalized spacial score (nSPS) is 14.8. The summed E-state index contributed by atoms with van der Waals surface area (Å²) in [6.45, 7) is 5.30. The first kappa shape index (κ1) is 15.0. The molecule has 1 saturated heterocycles. The van der Waals surface area contributed by atoms with Crippen molar-refractivity contribution in [2.45, 2.75) is 19.9 Å². The summed E-state index contributed by atoms with van der Waals surface area (Å²) in [7, 11) is 1.69. The molecule has 0 aliphatic carbocycles. The highest BCUT2D eigenvalue weighted by molar-refractivity contribution is 5.82. The minimum Gasteiger partial charge on any atom is -0.497 e. The van der Waals surface area contributed by atoms with Crippen LogP contribution in [0, 0.1) is 5.92 Å². The first-order chi connectivity index (χ1) is 11.8. The summed E-state index contributed by atoms with van der Waals surface area (Å²) in [6, 6.07) is 10.2. The molecule has 1 aliphatic rings. The van der Waals surface area contributed by atoms with Crippen molar-refractivity contribution in [2.24, 2.45) is 5.92 Å². The van der Waals surface area contributed by atoms with E-state index in [0.29, 0.717) is 5.92 Å². The Bertz CT molecular complexity index is 851. The molecule has 0 N–H and O–H groups in total. The Balaban J connectivity index is 1.44. The molecule has 0 amide bonds. The molecule has 5 heteroatoms. The van der Waals surface area contributed by atoms with E-state index in [1.807, 2.05) is 24.4 Å². The molecule has 0 spiro atoms. The van der Waals surface area contributed by atoms with E-state index in [-0.39, 0.29) is 0 Å². The zero-order chi connectivity index (χ0) is 16.5. The molecule has 0 bridgehead atoms. The van der Waals surface area contributed by atoms with Gasteiger partial charge in [-0.15, -0.1) is 0 Å². The van der Waals surface area contributed by atoms with Gasteiger partial charge in [0.1, 0.15) is 17.4 Å². The fourth-order valence-corrected chi connectivity index (χ4v) is 3.37. The minimum absolute atomic E-state index is 0.665. The van der Waals surface area contributed by atoms with Crippen molar-refractivity contribution in [3.8, 4) is 5.75 Å². The Hall–Kier alpha value is -2.56. The second kappa shape index (κ2) is 6.15. The van der Waals surface area contributed by atoms with Gasteiger partial charge < -0.3 is 14.2 Å². The topological polar surface area (TPSA) is 43.2 Å². The predicted octanol–water partition coefficient (Wildman–Crippen LogP) is 3.14. The van der Waals surface area contributed by atoms with Gasteiger partial charge in [-0.2, -0.15) is 0 Å². The second-order valence-corrected chi connectivity index (χ2v) is 6.35. The van der Waals surface area contributed by atoms with Crippen LogP contribution in [0.25, 0.3) is 10.9 Å². The number of methoxy groups -OCH3 is 1. The fourth-order valence-electron chi connectivity index (χ4n) is 3.37. The summed E-state index contributed by atoms with van der Waals surface area (Å²) < 4.78 is 7.55.